The molecule has 0 saturated carbocycles. The quantitative estimate of drug-likeness (QED) is 0.235. The van der Waals surface area contributed by atoms with Gasteiger partial charge in [-0.05, 0) is 6.42 Å². The maximum absolute atomic E-state index is 8.42. The number of hydrogen-bond donors (Lipinski definition) is 3. The summed E-state index contributed by atoms with van der Waals surface area (Å²) in [5, 5.41) is 15.0. The van der Waals surface area contributed by atoms with Crippen LogP contribution in [-0.2, 0) is 0 Å². The Morgan fingerprint density at radius 3 is 2.63 bits per heavy atom. The highest BCUT2D eigenvalue weighted by molar-refractivity contribution is 6.32. The number of ether oxygens (including phenoxy) is 2. The summed E-state index contributed by atoms with van der Waals surface area (Å²) >= 11 is 6.01. The van der Waals surface area contributed by atoms with E-state index in [-0.39, 0.29) is 5.84 Å². The van der Waals surface area contributed by atoms with Gasteiger partial charge in [0, 0.05) is 25.1 Å². The summed E-state index contributed by atoms with van der Waals surface area (Å²) in [4.78, 5) is 0. The fraction of sp³-hybridized carbons (Fsp3) is 0.417. The highest BCUT2D eigenvalue weighted by Gasteiger charge is 2.09. The van der Waals surface area contributed by atoms with Gasteiger partial charge in [0.2, 0.25) is 0 Å². The van der Waals surface area contributed by atoms with Crippen LogP contribution < -0.4 is 20.5 Å². The number of amidine groups is 1. The topological polar surface area (TPSA) is 89.1 Å². The maximum Gasteiger partial charge on any atom is 0.143 e. The second-order valence-corrected chi connectivity index (χ2v) is 4.22. The van der Waals surface area contributed by atoms with Crippen molar-refractivity contribution >= 4 is 23.1 Å². The molecule has 4 N–H and O–H groups in total. The Bertz CT molecular complexity index is 452. The van der Waals surface area contributed by atoms with Crippen LogP contribution in [0.2, 0.25) is 5.02 Å². The second-order valence-electron chi connectivity index (χ2n) is 3.81. The molecular weight excluding hydrogens is 270 g/mol. The van der Waals surface area contributed by atoms with Crippen LogP contribution in [-0.4, -0.2) is 31.8 Å². The minimum Gasteiger partial charge on any atom is -0.495 e. The summed E-state index contributed by atoms with van der Waals surface area (Å²) < 4.78 is 10.4. The van der Waals surface area contributed by atoms with Crippen molar-refractivity contribution in [1.29, 1.82) is 0 Å². The predicted octanol–water partition coefficient (Wildman–Crippen LogP) is 2.30. The molecule has 0 saturated heterocycles. The lowest BCUT2D eigenvalue weighted by Gasteiger charge is -2.13. The van der Waals surface area contributed by atoms with E-state index in [0.29, 0.717) is 29.5 Å². The van der Waals surface area contributed by atoms with Crippen molar-refractivity contribution in [1.82, 2.24) is 0 Å². The van der Waals surface area contributed by atoms with Gasteiger partial charge in [-0.15, -0.1) is 0 Å². The fourth-order valence-corrected chi connectivity index (χ4v) is 1.77. The number of rotatable bonds is 7. The van der Waals surface area contributed by atoms with Crippen molar-refractivity contribution in [3.63, 3.8) is 0 Å². The van der Waals surface area contributed by atoms with Gasteiger partial charge in [-0.2, -0.15) is 0 Å². The van der Waals surface area contributed by atoms with E-state index in [1.54, 1.807) is 26.4 Å². The standard InChI is InChI=1S/C12H18ClN3O3/c1-18-10-7-9(11(19-2)6-8(10)13)15-5-3-4-12(14)16-17/h6-7,15,17H,3-5H2,1-2H3,(H2,14,16). The molecule has 0 heterocycles. The molecule has 0 amide bonds. The molecule has 1 rings (SSSR count). The van der Waals surface area contributed by atoms with E-state index in [1.165, 1.54) is 0 Å². The SMILES string of the molecule is COc1cc(NCCCC(N)=NO)c(OC)cc1Cl. The third-order valence-corrected chi connectivity index (χ3v) is 2.82. The van der Waals surface area contributed by atoms with E-state index < -0.39 is 0 Å². The normalized spacial score (nSPS) is 11.2. The minimum absolute atomic E-state index is 0.211. The summed E-state index contributed by atoms with van der Waals surface area (Å²) in [5.74, 6) is 1.42. The monoisotopic (exact) mass is 287 g/mol. The van der Waals surface area contributed by atoms with Crippen LogP contribution in [0, 0.1) is 0 Å². The Labute approximate surface area is 117 Å². The van der Waals surface area contributed by atoms with Crippen LogP contribution in [0.1, 0.15) is 12.8 Å². The highest BCUT2D eigenvalue weighted by atomic mass is 35.5. The van der Waals surface area contributed by atoms with Gasteiger partial charge in [0.05, 0.1) is 24.9 Å². The molecule has 1 aromatic rings. The first-order valence-corrected chi connectivity index (χ1v) is 6.12. The van der Waals surface area contributed by atoms with Gasteiger partial charge in [-0.3, -0.25) is 0 Å². The number of oxime groups is 1. The fourth-order valence-electron chi connectivity index (χ4n) is 1.54. The van der Waals surface area contributed by atoms with Crippen LogP contribution in [0.15, 0.2) is 17.3 Å². The molecule has 1 aromatic carbocycles. The third-order valence-electron chi connectivity index (χ3n) is 2.53. The molecule has 0 fully saturated rings. The van der Waals surface area contributed by atoms with Crippen molar-refractivity contribution in [2.24, 2.45) is 10.9 Å². The largest absolute Gasteiger partial charge is 0.495 e. The van der Waals surface area contributed by atoms with Gasteiger partial charge in [0.1, 0.15) is 17.3 Å². The predicted molar refractivity (Wildman–Crippen MR) is 75.7 cm³/mol. The van der Waals surface area contributed by atoms with Crippen molar-refractivity contribution in [3.05, 3.63) is 17.2 Å². The Hall–Kier alpha value is -1.82. The molecule has 7 heteroatoms. The molecule has 0 unspecified atom stereocenters. The molecule has 19 heavy (non-hydrogen) atoms. The molecule has 106 valence electrons. The van der Waals surface area contributed by atoms with E-state index in [2.05, 4.69) is 10.5 Å². The van der Waals surface area contributed by atoms with Gasteiger partial charge in [-0.1, -0.05) is 16.8 Å². The first kappa shape index (κ1) is 15.2. The van der Waals surface area contributed by atoms with Crippen LogP contribution >= 0.6 is 11.6 Å². The zero-order valence-corrected chi connectivity index (χ0v) is 11.7. The molecule has 6 nitrogen and oxygen atoms in total. The highest BCUT2D eigenvalue weighted by Crippen LogP contribution is 2.35. The average molecular weight is 288 g/mol. The molecule has 0 aromatic heterocycles. The van der Waals surface area contributed by atoms with Crippen LogP contribution in [0.5, 0.6) is 11.5 Å². The zero-order valence-electron chi connectivity index (χ0n) is 10.9. The summed E-state index contributed by atoms with van der Waals surface area (Å²) in [6.45, 7) is 0.650. The van der Waals surface area contributed by atoms with Gasteiger partial charge >= 0.3 is 0 Å². The lowest BCUT2D eigenvalue weighted by atomic mass is 10.2. The Morgan fingerprint density at radius 1 is 1.37 bits per heavy atom. The Balaban J connectivity index is 2.66. The van der Waals surface area contributed by atoms with Crippen LogP contribution in [0.4, 0.5) is 5.69 Å². The molecular formula is C12H18ClN3O3. The van der Waals surface area contributed by atoms with E-state index in [1.807, 2.05) is 0 Å². The Kier molecular flexibility index (Phi) is 6.08. The summed E-state index contributed by atoms with van der Waals surface area (Å²) in [5.41, 5.74) is 6.16. The Morgan fingerprint density at radius 2 is 2.05 bits per heavy atom. The molecule has 0 aliphatic carbocycles. The second kappa shape index (κ2) is 7.58. The number of methoxy groups -OCH3 is 2. The van der Waals surface area contributed by atoms with Crippen LogP contribution in [0.25, 0.3) is 0 Å². The lowest BCUT2D eigenvalue weighted by molar-refractivity contribution is 0.316. The van der Waals surface area contributed by atoms with Crippen molar-refractivity contribution in [3.8, 4) is 11.5 Å². The number of anilines is 1. The molecule has 0 aliphatic heterocycles. The number of halogens is 1. The number of nitrogens with two attached hydrogens (primary N) is 1. The average Bonchev–Trinajstić information content (AvgIpc) is 2.43. The first-order valence-electron chi connectivity index (χ1n) is 5.74. The number of benzene rings is 1. The summed E-state index contributed by atoms with van der Waals surface area (Å²) in [7, 11) is 3.12. The molecule has 0 bridgehead atoms. The summed E-state index contributed by atoms with van der Waals surface area (Å²) in [6.07, 6.45) is 1.24. The van der Waals surface area contributed by atoms with Crippen LogP contribution in [0.3, 0.4) is 0 Å². The number of nitrogens with zero attached hydrogens (tertiary/aromatic N) is 1. The summed E-state index contributed by atoms with van der Waals surface area (Å²) in [6, 6.07) is 3.46. The molecule has 0 spiro atoms. The number of hydrogen-bond acceptors (Lipinski definition) is 5. The lowest BCUT2D eigenvalue weighted by Crippen LogP contribution is -2.13. The maximum atomic E-state index is 8.42. The van der Waals surface area contributed by atoms with Gasteiger partial charge in [-0.25, -0.2) is 0 Å². The van der Waals surface area contributed by atoms with Gasteiger partial charge < -0.3 is 25.7 Å². The van der Waals surface area contributed by atoms with Crippen molar-refractivity contribution < 1.29 is 14.7 Å². The van der Waals surface area contributed by atoms with Gasteiger partial charge in [0.25, 0.3) is 0 Å². The molecule has 0 radical (unpaired) electrons. The molecule has 0 atom stereocenters. The van der Waals surface area contributed by atoms with E-state index in [9.17, 15) is 0 Å². The first-order chi connectivity index (χ1) is 9.12. The van der Waals surface area contributed by atoms with E-state index >= 15 is 0 Å². The number of nitrogens with one attached hydrogen (secondary N) is 1. The smallest absolute Gasteiger partial charge is 0.143 e. The van der Waals surface area contributed by atoms with Crippen molar-refractivity contribution in [2.75, 3.05) is 26.1 Å². The third kappa shape index (κ3) is 4.40. The minimum atomic E-state index is 0.211. The van der Waals surface area contributed by atoms with E-state index in [4.69, 9.17) is 32.0 Å². The molecule has 0 aliphatic rings. The zero-order chi connectivity index (χ0) is 14.3. The van der Waals surface area contributed by atoms with Gasteiger partial charge in [0.15, 0.2) is 0 Å². The van der Waals surface area contributed by atoms with E-state index in [0.717, 1.165) is 12.1 Å². The van der Waals surface area contributed by atoms with Crippen molar-refractivity contribution in [2.45, 2.75) is 12.8 Å².